The van der Waals surface area contributed by atoms with Crippen LogP contribution in [0.25, 0.3) is 21.8 Å². The highest BCUT2D eigenvalue weighted by Crippen LogP contribution is 2.28. The van der Waals surface area contributed by atoms with Crippen LogP contribution >= 0.6 is 0 Å². The second kappa shape index (κ2) is 6.45. The molecule has 0 aliphatic carbocycles. The van der Waals surface area contributed by atoms with Crippen LogP contribution < -0.4 is 5.32 Å². The average molecular weight is 375 g/mol. The number of hydrogen-bond donors (Lipinski definition) is 3. The van der Waals surface area contributed by atoms with Crippen molar-refractivity contribution in [2.45, 2.75) is 6.42 Å². The first-order valence-electron chi connectivity index (χ1n) is 8.78. The summed E-state index contributed by atoms with van der Waals surface area (Å²) in [5.41, 5.74) is 3.29. The maximum Gasteiger partial charge on any atom is 0.161 e. The molecule has 28 heavy (non-hydrogen) atoms. The van der Waals surface area contributed by atoms with E-state index in [0.717, 1.165) is 33.4 Å². The lowest BCUT2D eigenvalue weighted by molar-refractivity contribution is 0.580. The maximum atomic E-state index is 13.5. The third kappa shape index (κ3) is 2.96. The number of halogens is 2. The zero-order valence-corrected chi connectivity index (χ0v) is 14.6. The van der Waals surface area contributed by atoms with Gasteiger partial charge in [0.05, 0.1) is 11.0 Å². The van der Waals surface area contributed by atoms with Crippen LogP contribution in [0.4, 0.5) is 20.4 Å². The highest BCUT2D eigenvalue weighted by atomic mass is 19.1. The molecule has 0 spiro atoms. The molecule has 138 valence electrons. The minimum absolute atomic E-state index is 0.417. The molecule has 2 heterocycles. The SMILES string of the molecule is Fc1cc(F)cc(Cc2ccc3[nH]nc(Nc4n[nH]c5ccccc45)c3c2)c1. The third-order valence-electron chi connectivity index (χ3n) is 4.66. The van der Waals surface area contributed by atoms with Crippen LogP contribution in [0.3, 0.4) is 0 Å². The van der Waals surface area contributed by atoms with Crippen molar-refractivity contribution in [2.24, 2.45) is 0 Å². The predicted octanol–water partition coefficient (Wildman–Crippen LogP) is 5.05. The molecule has 0 aliphatic heterocycles. The minimum Gasteiger partial charge on any atom is -0.321 e. The summed E-state index contributed by atoms with van der Waals surface area (Å²) in [6.07, 6.45) is 0.417. The normalized spacial score (nSPS) is 11.4. The summed E-state index contributed by atoms with van der Waals surface area (Å²) in [5, 5.41) is 19.7. The van der Waals surface area contributed by atoms with Crippen molar-refractivity contribution in [3.63, 3.8) is 0 Å². The molecule has 0 saturated heterocycles. The molecule has 7 heteroatoms. The Kier molecular flexibility index (Phi) is 3.79. The summed E-state index contributed by atoms with van der Waals surface area (Å²) in [4.78, 5) is 0. The first-order chi connectivity index (χ1) is 13.7. The van der Waals surface area contributed by atoms with Gasteiger partial charge in [-0.3, -0.25) is 10.2 Å². The molecule has 3 N–H and O–H groups in total. The van der Waals surface area contributed by atoms with E-state index in [9.17, 15) is 8.78 Å². The molecule has 5 rings (SSSR count). The molecule has 0 saturated carbocycles. The van der Waals surface area contributed by atoms with Crippen LogP contribution in [0.2, 0.25) is 0 Å². The van der Waals surface area contributed by atoms with E-state index in [2.05, 4.69) is 25.7 Å². The number of rotatable bonds is 4. The summed E-state index contributed by atoms with van der Waals surface area (Å²) < 4.78 is 26.9. The fourth-order valence-electron chi connectivity index (χ4n) is 3.39. The fraction of sp³-hybridized carbons (Fsp3) is 0.0476. The first kappa shape index (κ1) is 16.4. The minimum atomic E-state index is -0.577. The van der Waals surface area contributed by atoms with Gasteiger partial charge in [0.1, 0.15) is 11.6 Å². The molecular formula is C21H15F2N5. The number of nitrogens with one attached hydrogen (secondary N) is 3. The van der Waals surface area contributed by atoms with Crippen LogP contribution in [-0.4, -0.2) is 20.4 Å². The van der Waals surface area contributed by atoms with Crippen molar-refractivity contribution in [3.05, 3.63) is 83.4 Å². The number of fused-ring (bicyclic) bond motifs is 2. The molecule has 2 aromatic heterocycles. The van der Waals surface area contributed by atoms with Gasteiger partial charge in [-0.15, -0.1) is 0 Å². The van der Waals surface area contributed by atoms with Gasteiger partial charge in [-0.2, -0.15) is 10.2 Å². The number of anilines is 2. The van der Waals surface area contributed by atoms with E-state index in [4.69, 9.17) is 0 Å². The van der Waals surface area contributed by atoms with Gasteiger partial charge in [0.15, 0.2) is 11.6 Å². The van der Waals surface area contributed by atoms with Gasteiger partial charge in [-0.1, -0.05) is 18.2 Å². The van der Waals surface area contributed by atoms with E-state index in [0.29, 0.717) is 23.6 Å². The quantitative estimate of drug-likeness (QED) is 0.412. The van der Waals surface area contributed by atoms with E-state index in [-0.39, 0.29) is 0 Å². The molecule has 0 fully saturated rings. The molecule has 0 atom stereocenters. The topological polar surface area (TPSA) is 69.4 Å². The van der Waals surface area contributed by atoms with Crippen molar-refractivity contribution in [1.82, 2.24) is 20.4 Å². The van der Waals surface area contributed by atoms with Gasteiger partial charge in [0, 0.05) is 16.8 Å². The summed E-state index contributed by atoms with van der Waals surface area (Å²) in [5.74, 6) is 0.167. The summed E-state index contributed by atoms with van der Waals surface area (Å²) in [7, 11) is 0. The highest BCUT2D eigenvalue weighted by Gasteiger charge is 2.11. The largest absolute Gasteiger partial charge is 0.321 e. The Morgan fingerprint density at radius 3 is 2.18 bits per heavy atom. The Hall–Kier alpha value is -3.74. The lowest BCUT2D eigenvalue weighted by Crippen LogP contribution is -1.93. The van der Waals surface area contributed by atoms with Crippen molar-refractivity contribution in [2.75, 3.05) is 5.32 Å². The van der Waals surface area contributed by atoms with Crippen molar-refractivity contribution < 1.29 is 8.78 Å². The fourth-order valence-corrected chi connectivity index (χ4v) is 3.39. The Morgan fingerprint density at radius 2 is 1.39 bits per heavy atom. The van der Waals surface area contributed by atoms with E-state index >= 15 is 0 Å². The smallest absolute Gasteiger partial charge is 0.161 e. The number of aromatic nitrogens is 4. The van der Waals surface area contributed by atoms with Gasteiger partial charge < -0.3 is 5.32 Å². The number of aromatic amines is 2. The molecule has 0 amide bonds. The summed E-state index contributed by atoms with van der Waals surface area (Å²) in [6, 6.07) is 17.1. The summed E-state index contributed by atoms with van der Waals surface area (Å²) >= 11 is 0. The molecule has 0 radical (unpaired) electrons. The lowest BCUT2D eigenvalue weighted by Gasteiger charge is -2.05. The molecule has 0 aliphatic rings. The van der Waals surface area contributed by atoms with Crippen LogP contribution in [0.5, 0.6) is 0 Å². The Balaban J connectivity index is 1.49. The number of para-hydroxylation sites is 1. The number of hydrogen-bond acceptors (Lipinski definition) is 3. The number of benzene rings is 3. The lowest BCUT2D eigenvalue weighted by atomic mass is 10.0. The Morgan fingerprint density at radius 1 is 0.714 bits per heavy atom. The predicted molar refractivity (Wildman–Crippen MR) is 105 cm³/mol. The highest BCUT2D eigenvalue weighted by molar-refractivity contribution is 5.96. The van der Waals surface area contributed by atoms with Crippen molar-refractivity contribution in [3.8, 4) is 0 Å². The Labute approximate surface area is 158 Å². The molecule has 0 bridgehead atoms. The monoisotopic (exact) mass is 375 g/mol. The zero-order chi connectivity index (χ0) is 19.1. The van der Waals surface area contributed by atoms with Crippen LogP contribution in [0.1, 0.15) is 11.1 Å². The average Bonchev–Trinajstić information content (AvgIpc) is 3.26. The standard InChI is InChI=1S/C21H15F2N5/c22-14-8-13(9-15(23)11-14)7-12-5-6-19-17(10-12)21(28-26-19)24-20-16-3-1-2-4-18(16)25-27-20/h1-6,8-11H,7H2,(H3,24,25,26,27,28). The van der Waals surface area contributed by atoms with Crippen molar-refractivity contribution >= 4 is 33.4 Å². The summed E-state index contributed by atoms with van der Waals surface area (Å²) in [6.45, 7) is 0. The van der Waals surface area contributed by atoms with E-state index in [1.165, 1.54) is 12.1 Å². The van der Waals surface area contributed by atoms with Crippen LogP contribution in [0, 0.1) is 11.6 Å². The molecular weight excluding hydrogens is 360 g/mol. The number of nitrogens with zero attached hydrogens (tertiary/aromatic N) is 2. The van der Waals surface area contributed by atoms with Gasteiger partial charge >= 0.3 is 0 Å². The van der Waals surface area contributed by atoms with Crippen LogP contribution in [-0.2, 0) is 6.42 Å². The molecule has 0 unspecified atom stereocenters. The van der Waals surface area contributed by atoms with Crippen LogP contribution in [0.15, 0.2) is 60.7 Å². The van der Waals surface area contributed by atoms with E-state index in [1.54, 1.807) is 0 Å². The molecule has 5 nitrogen and oxygen atoms in total. The second-order valence-corrected chi connectivity index (χ2v) is 6.65. The van der Waals surface area contributed by atoms with Gasteiger partial charge in [-0.25, -0.2) is 8.78 Å². The van der Waals surface area contributed by atoms with Gasteiger partial charge in [-0.05, 0) is 53.9 Å². The zero-order valence-electron chi connectivity index (χ0n) is 14.6. The van der Waals surface area contributed by atoms with Gasteiger partial charge in [0.2, 0.25) is 0 Å². The second-order valence-electron chi connectivity index (χ2n) is 6.65. The molecule has 3 aromatic carbocycles. The third-order valence-corrected chi connectivity index (χ3v) is 4.66. The first-order valence-corrected chi connectivity index (χ1v) is 8.78. The van der Waals surface area contributed by atoms with Crippen molar-refractivity contribution in [1.29, 1.82) is 0 Å². The maximum absolute atomic E-state index is 13.5. The Bertz CT molecular complexity index is 1280. The number of H-pyrrole nitrogens is 2. The molecule has 5 aromatic rings. The van der Waals surface area contributed by atoms with E-state index in [1.807, 2.05) is 42.5 Å². The van der Waals surface area contributed by atoms with Gasteiger partial charge in [0.25, 0.3) is 0 Å². The van der Waals surface area contributed by atoms with E-state index < -0.39 is 11.6 Å².